The summed E-state index contributed by atoms with van der Waals surface area (Å²) in [4.78, 5) is 0. The van der Waals surface area contributed by atoms with Gasteiger partial charge in [-0.3, -0.25) is 0 Å². The van der Waals surface area contributed by atoms with Crippen LogP contribution in [0.5, 0.6) is 11.5 Å². The van der Waals surface area contributed by atoms with Gasteiger partial charge in [0.25, 0.3) is 0 Å². The molecule has 0 atom stereocenters. The molecule has 0 amide bonds. The van der Waals surface area contributed by atoms with Gasteiger partial charge in [0.2, 0.25) is 0 Å². The molecule has 0 heterocycles. The molecule has 0 radical (unpaired) electrons. The molecule has 2 rings (SSSR count). The molecule has 0 aromatic heterocycles. The lowest BCUT2D eigenvalue weighted by Gasteiger charge is -2.10. The highest BCUT2D eigenvalue weighted by molar-refractivity contribution is 6.33. The fraction of sp³-hybridized carbons (Fsp3) is 0.143. The molecule has 0 fully saturated rings. The zero-order chi connectivity index (χ0) is 12.4. The van der Waals surface area contributed by atoms with E-state index in [1.807, 2.05) is 32.0 Å². The number of benzene rings is 2. The molecule has 0 aliphatic carbocycles. The van der Waals surface area contributed by atoms with E-state index >= 15 is 0 Å². The predicted octanol–water partition coefficient (Wildman–Crippen LogP) is 4.33. The van der Waals surface area contributed by atoms with Crippen LogP contribution in [-0.2, 0) is 0 Å². The molecular weight excluding hydrogens is 234 g/mol. The summed E-state index contributed by atoms with van der Waals surface area (Å²) in [5.74, 6) is 1.36. The number of anilines is 1. The maximum atomic E-state index is 5.94. The second kappa shape index (κ2) is 4.68. The average molecular weight is 248 g/mol. The van der Waals surface area contributed by atoms with Gasteiger partial charge in [-0.15, -0.1) is 0 Å². The maximum Gasteiger partial charge on any atom is 0.151 e. The van der Waals surface area contributed by atoms with Crippen LogP contribution in [0, 0.1) is 13.8 Å². The van der Waals surface area contributed by atoms with E-state index in [4.69, 9.17) is 22.1 Å². The van der Waals surface area contributed by atoms with Gasteiger partial charge in [-0.25, -0.2) is 0 Å². The van der Waals surface area contributed by atoms with Gasteiger partial charge in [0, 0.05) is 0 Å². The molecular formula is C14H14ClNO. The Hall–Kier alpha value is -1.67. The summed E-state index contributed by atoms with van der Waals surface area (Å²) >= 11 is 5.94. The van der Waals surface area contributed by atoms with Gasteiger partial charge in [0.15, 0.2) is 5.75 Å². The Balaban J connectivity index is 2.34. The number of rotatable bonds is 2. The monoisotopic (exact) mass is 247 g/mol. The zero-order valence-corrected chi connectivity index (χ0v) is 10.6. The number of nitrogen functional groups attached to an aromatic ring is 1. The first-order valence-corrected chi connectivity index (χ1v) is 5.74. The van der Waals surface area contributed by atoms with E-state index in [1.54, 1.807) is 12.1 Å². The molecule has 0 saturated heterocycles. The Bertz CT molecular complexity index is 532. The Kier molecular flexibility index (Phi) is 3.25. The highest BCUT2D eigenvalue weighted by Gasteiger charge is 2.05. The van der Waals surface area contributed by atoms with Crippen LogP contribution in [0.3, 0.4) is 0 Å². The molecule has 2 aromatic rings. The van der Waals surface area contributed by atoms with E-state index in [2.05, 4.69) is 6.07 Å². The number of halogens is 1. The Morgan fingerprint density at radius 2 is 1.71 bits per heavy atom. The summed E-state index contributed by atoms with van der Waals surface area (Å²) < 4.78 is 5.74. The van der Waals surface area contributed by atoms with Crippen molar-refractivity contribution >= 4 is 17.3 Å². The molecule has 17 heavy (non-hydrogen) atoms. The van der Waals surface area contributed by atoms with Crippen molar-refractivity contribution in [3.63, 3.8) is 0 Å². The van der Waals surface area contributed by atoms with Gasteiger partial charge >= 0.3 is 0 Å². The topological polar surface area (TPSA) is 35.2 Å². The fourth-order valence-electron chi connectivity index (χ4n) is 1.73. The maximum absolute atomic E-state index is 5.94. The van der Waals surface area contributed by atoms with Crippen LogP contribution in [0.25, 0.3) is 0 Å². The van der Waals surface area contributed by atoms with Crippen LogP contribution in [0.15, 0.2) is 36.4 Å². The standard InChI is InChI=1S/C14H14ClNO/c1-9-6-10(2)8-11(7-9)17-13-5-3-4-12(15)14(13)16/h3-8H,16H2,1-2H3. The Labute approximate surface area is 106 Å². The molecule has 2 aromatic carbocycles. The number of hydrogen-bond donors (Lipinski definition) is 1. The lowest BCUT2D eigenvalue weighted by atomic mass is 10.1. The highest BCUT2D eigenvalue weighted by Crippen LogP contribution is 2.33. The molecule has 2 N–H and O–H groups in total. The smallest absolute Gasteiger partial charge is 0.151 e. The van der Waals surface area contributed by atoms with E-state index in [-0.39, 0.29) is 0 Å². The first-order chi connectivity index (χ1) is 8.06. The van der Waals surface area contributed by atoms with E-state index in [1.165, 1.54) is 0 Å². The number of nitrogens with two attached hydrogens (primary N) is 1. The summed E-state index contributed by atoms with van der Waals surface area (Å²) in [6, 6.07) is 11.4. The summed E-state index contributed by atoms with van der Waals surface area (Å²) in [7, 11) is 0. The molecule has 0 bridgehead atoms. The molecule has 3 heteroatoms. The van der Waals surface area contributed by atoms with Gasteiger partial charge in [-0.05, 0) is 49.2 Å². The summed E-state index contributed by atoms with van der Waals surface area (Å²) in [5.41, 5.74) is 8.62. The summed E-state index contributed by atoms with van der Waals surface area (Å²) in [6.07, 6.45) is 0. The lowest BCUT2D eigenvalue weighted by molar-refractivity contribution is 0.484. The van der Waals surface area contributed by atoms with E-state index in [0.29, 0.717) is 16.5 Å². The first-order valence-electron chi connectivity index (χ1n) is 5.36. The van der Waals surface area contributed by atoms with Gasteiger partial charge < -0.3 is 10.5 Å². The predicted molar refractivity (Wildman–Crippen MR) is 71.9 cm³/mol. The lowest BCUT2D eigenvalue weighted by Crippen LogP contribution is -1.93. The molecule has 0 unspecified atom stereocenters. The molecule has 0 spiro atoms. The molecule has 2 nitrogen and oxygen atoms in total. The number of aryl methyl sites for hydroxylation is 2. The van der Waals surface area contributed by atoms with E-state index in [9.17, 15) is 0 Å². The molecule has 88 valence electrons. The number of para-hydroxylation sites is 1. The third kappa shape index (κ3) is 2.71. The summed E-state index contributed by atoms with van der Waals surface area (Å²) in [5, 5.41) is 0.506. The van der Waals surface area contributed by atoms with Gasteiger partial charge in [0.1, 0.15) is 5.75 Å². The van der Waals surface area contributed by atoms with E-state index < -0.39 is 0 Å². The minimum Gasteiger partial charge on any atom is -0.455 e. The van der Waals surface area contributed by atoms with Crippen molar-refractivity contribution in [2.75, 3.05) is 5.73 Å². The summed E-state index contributed by atoms with van der Waals surface area (Å²) in [6.45, 7) is 4.06. The highest BCUT2D eigenvalue weighted by atomic mass is 35.5. The third-order valence-electron chi connectivity index (χ3n) is 2.44. The number of ether oxygens (including phenoxy) is 1. The average Bonchev–Trinajstić information content (AvgIpc) is 2.23. The van der Waals surface area contributed by atoms with Crippen LogP contribution >= 0.6 is 11.6 Å². The zero-order valence-electron chi connectivity index (χ0n) is 9.83. The van der Waals surface area contributed by atoms with Crippen LogP contribution < -0.4 is 10.5 Å². The van der Waals surface area contributed by atoms with Crippen LogP contribution in [0.2, 0.25) is 5.02 Å². The SMILES string of the molecule is Cc1cc(C)cc(Oc2cccc(Cl)c2N)c1. The van der Waals surface area contributed by atoms with Crippen LogP contribution in [-0.4, -0.2) is 0 Å². The van der Waals surface area contributed by atoms with E-state index in [0.717, 1.165) is 16.9 Å². The third-order valence-corrected chi connectivity index (χ3v) is 2.77. The van der Waals surface area contributed by atoms with Crippen LogP contribution in [0.4, 0.5) is 5.69 Å². The molecule has 0 aliphatic heterocycles. The second-order valence-electron chi connectivity index (χ2n) is 4.08. The van der Waals surface area contributed by atoms with Crippen molar-refractivity contribution in [2.45, 2.75) is 13.8 Å². The minimum absolute atomic E-state index is 0.466. The first kappa shape index (κ1) is 11.8. The largest absolute Gasteiger partial charge is 0.455 e. The van der Waals surface area contributed by atoms with Crippen molar-refractivity contribution < 1.29 is 4.74 Å². The van der Waals surface area contributed by atoms with Crippen LogP contribution in [0.1, 0.15) is 11.1 Å². The van der Waals surface area contributed by atoms with Crippen molar-refractivity contribution in [1.82, 2.24) is 0 Å². The van der Waals surface area contributed by atoms with Crippen molar-refractivity contribution in [3.8, 4) is 11.5 Å². The van der Waals surface area contributed by atoms with Gasteiger partial charge in [0.05, 0.1) is 10.7 Å². The second-order valence-corrected chi connectivity index (χ2v) is 4.48. The van der Waals surface area contributed by atoms with Crippen molar-refractivity contribution in [1.29, 1.82) is 0 Å². The van der Waals surface area contributed by atoms with Crippen molar-refractivity contribution in [2.24, 2.45) is 0 Å². The van der Waals surface area contributed by atoms with Gasteiger partial charge in [-0.1, -0.05) is 23.7 Å². The fourth-order valence-corrected chi connectivity index (χ4v) is 1.89. The Morgan fingerprint density at radius 1 is 1.06 bits per heavy atom. The molecule has 0 aliphatic rings. The molecule has 0 saturated carbocycles. The normalized spacial score (nSPS) is 10.3. The number of hydrogen-bond acceptors (Lipinski definition) is 2. The van der Waals surface area contributed by atoms with Gasteiger partial charge in [-0.2, -0.15) is 0 Å². The minimum atomic E-state index is 0.466. The van der Waals surface area contributed by atoms with Crippen molar-refractivity contribution in [3.05, 3.63) is 52.5 Å². The Morgan fingerprint density at radius 3 is 2.35 bits per heavy atom. The quantitative estimate of drug-likeness (QED) is 0.802.